The van der Waals surface area contributed by atoms with Crippen LogP contribution in [0.2, 0.25) is 0 Å². The topological polar surface area (TPSA) is 50.7 Å². The van der Waals surface area contributed by atoms with Crippen LogP contribution in [0, 0.1) is 6.92 Å². The average Bonchev–Trinajstić information content (AvgIpc) is 2.72. The number of hydrogen-bond donors (Lipinski definition) is 1. The van der Waals surface area contributed by atoms with E-state index in [0.717, 1.165) is 35.9 Å². The Kier molecular flexibility index (Phi) is 3.96. The predicted molar refractivity (Wildman–Crippen MR) is 64.3 cm³/mol. The SMILES string of the molecule is Cc1nc(CCNCc2cnccn2)cs1. The summed E-state index contributed by atoms with van der Waals surface area (Å²) < 4.78 is 0. The normalized spacial score (nSPS) is 10.6. The summed E-state index contributed by atoms with van der Waals surface area (Å²) >= 11 is 1.70. The Hall–Kier alpha value is -1.33. The van der Waals surface area contributed by atoms with E-state index in [-0.39, 0.29) is 0 Å². The van der Waals surface area contributed by atoms with Crippen LogP contribution in [-0.2, 0) is 13.0 Å². The largest absolute Gasteiger partial charge is 0.311 e. The molecule has 2 rings (SSSR count). The molecule has 2 aromatic rings. The van der Waals surface area contributed by atoms with Crippen LogP contribution in [0.5, 0.6) is 0 Å². The van der Waals surface area contributed by atoms with Gasteiger partial charge in [-0.05, 0) is 6.92 Å². The van der Waals surface area contributed by atoms with Crippen molar-refractivity contribution >= 4 is 11.3 Å². The van der Waals surface area contributed by atoms with E-state index in [1.807, 2.05) is 6.92 Å². The van der Waals surface area contributed by atoms with Crippen molar-refractivity contribution in [1.82, 2.24) is 20.3 Å². The summed E-state index contributed by atoms with van der Waals surface area (Å²) in [6, 6.07) is 0. The van der Waals surface area contributed by atoms with Gasteiger partial charge in [-0.25, -0.2) is 4.98 Å². The molecular formula is C11H14N4S. The van der Waals surface area contributed by atoms with Gasteiger partial charge in [-0.1, -0.05) is 0 Å². The zero-order chi connectivity index (χ0) is 11.2. The van der Waals surface area contributed by atoms with Gasteiger partial charge in [-0.15, -0.1) is 11.3 Å². The van der Waals surface area contributed by atoms with E-state index in [1.165, 1.54) is 0 Å². The monoisotopic (exact) mass is 234 g/mol. The lowest BCUT2D eigenvalue weighted by Crippen LogP contribution is -2.17. The second-order valence-electron chi connectivity index (χ2n) is 3.48. The Morgan fingerprint density at radius 3 is 2.94 bits per heavy atom. The van der Waals surface area contributed by atoms with Gasteiger partial charge in [0.2, 0.25) is 0 Å². The average molecular weight is 234 g/mol. The number of nitrogens with one attached hydrogen (secondary N) is 1. The molecule has 0 aliphatic carbocycles. The number of aryl methyl sites for hydroxylation is 1. The van der Waals surface area contributed by atoms with Crippen LogP contribution in [0.3, 0.4) is 0 Å². The van der Waals surface area contributed by atoms with Crippen molar-refractivity contribution in [2.75, 3.05) is 6.54 Å². The summed E-state index contributed by atoms with van der Waals surface area (Å²) in [6.45, 7) is 3.71. The Bertz CT molecular complexity index is 427. The van der Waals surface area contributed by atoms with Crippen LogP contribution in [0.15, 0.2) is 24.0 Å². The van der Waals surface area contributed by atoms with Gasteiger partial charge in [0.05, 0.1) is 16.4 Å². The Morgan fingerprint density at radius 2 is 2.25 bits per heavy atom. The van der Waals surface area contributed by atoms with Crippen LogP contribution in [-0.4, -0.2) is 21.5 Å². The number of nitrogens with zero attached hydrogens (tertiary/aromatic N) is 3. The predicted octanol–water partition coefficient (Wildman–Crippen LogP) is 1.57. The van der Waals surface area contributed by atoms with Crippen molar-refractivity contribution in [3.05, 3.63) is 40.4 Å². The molecule has 0 spiro atoms. The second-order valence-corrected chi connectivity index (χ2v) is 4.54. The quantitative estimate of drug-likeness (QED) is 0.798. The van der Waals surface area contributed by atoms with Crippen molar-refractivity contribution in [2.45, 2.75) is 19.9 Å². The Balaban J connectivity index is 1.69. The van der Waals surface area contributed by atoms with Gasteiger partial charge in [-0.2, -0.15) is 0 Å². The molecule has 5 heteroatoms. The van der Waals surface area contributed by atoms with Gasteiger partial charge in [-0.3, -0.25) is 9.97 Å². The maximum Gasteiger partial charge on any atom is 0.0897 e. The van der Waals surface area contributed by atoms with Crippen molar-refractivity contribution in [3.63, 3.8) is 0 Å². The number of rotatable bonds is 5. The maximum atomic E-state index is 4.41. The van der Waals surface area contributed by atoms with E-state index < -0.39 is 0 Å². The molecule has 0 unspecified atom stereocenters. The highest BCUT2D eigenvalue weighted by Crippen LogP contribution is 2.07. The highest BCUT2D eigenvalue weighted by atomic mass is 32.1. The molecule has 0 atom stereocenters. The lowest BCUT2D eigenvalue weighted by Gasteiger charge is -2.01. The fourth-order valence-electron chi connectivity index (χ4n) is 1.38. The zero-order valence-corrected chi connectivity index (χ0v) is 10.00. The van der Waals surface area contributed by atoms with E-state index in [2.05, 4.69) is 25.6 Å². The lowest BCUT2D eigenvalue weighted by atomic mass is 10.3. The van der Waals surface area contributed by atoms with Crippen LogP contribution < -0.4 is 5.32 Å². The number of thiazole rings is 1. The fourth-order valence-corrected chi connectivity index (χ4v) is 2.02. The molecular weight excluding hydrogens is 220 g/mol. The number of aromatic nitrogens is 3. The van der Waals surface area contributed by atoms with Gasteiger partial charge in [0, 0.05) is 43.5 Å². The molecule has 0 aromatic carbocycles. The summed E-state index contributed by atoms with van der Waals surface area (Å²) in [5.41, 5.74) is 2.13. The minimum atomic E-state index is 0.761. The second kappa shape index (κ2) is 5.67. The summed E-state index contributed by atoms with van der Waals surface area (Å²) in [5, 5.41) is 6.56. The summed E-state index contributed by atoms with van der Waals surface area (Å²) in [4.78, 5) is 12.6. The standard InChI is InChI=1S/C11H14N4S/c1-9-15-10(8-16-9)2-3-12-6-11-7-13-4-5-14-11/h4-5,7-8,12H,2-3,6H2,1H3. The van der Waals surface area contributed by atoms with E-state index in [4.69, 9.17) is 0 Å². The van der Waals surface area contributed by atoms with Crippen LogP contribution in [0.1, 0.15) is 16.4 Å². The minimum absolute atomic E-state index is 0.761. The molecule has 0 aliphatic rings. The molecule has 4 nitrogen and oxygen atoms in total. The zero-order valence-electron chi connectivity index (χ0n) is 9.18. The van der Waals surface area contributed by atoms with E-state index in [0.29, 0.717) is 0 Å². The van der Waals surface area contributed by atoms with Crippen LogP contribution in [0.4, 0.5) is 0 Å². The third kappa shape index (κ3) is 3.36. The van der Waals surface area contributed by atoms with E-state index >= 15 is 0 Å². The smallest absolute Gasteiger partial charge is 0.0897 e. The summed E-state index contributed by atoms with van der Waals surface area (Å²) in [6.07, 6.45) is 6.13. The van der Waals surface area contributed by atoms with Crippen LogP contribution >= 0.6 is 11.3 Å². The Labute approximate surface area is 98.8 Å². The molecule has 0 saturated carbocycles. The molecule has 0 saturated heterocycles. The first-order valence-corrected chi connectivity index (χ1v) is 6.09. The molecule has 2 aromatic heterocycles. The maximum absolute atomic E-state index is 4.41. The van der Waals surface area contributed by atoms with Gasteiger partial charge in [0.15, 0.2) is 0 Å². The molecule has 0 amide bonds. The first-order chi connectivity index (χ1) is 7.84. The molecule has 1 N–H and O–H groups in total. The molecule has 0 radical (unpaired) electrons. The molecule has 16 heavy (non-hydrogen) atoms. The van der Waals surface area contributed by atoms with E-state index in [9.17, 15) is 0 Å². The lowest BCUT2D eigenvalue weighted by molar-refractivity contribution is 0.667. The molecule has 0 bridgehead atoms. The highest BCUT2D eigenvalue weighted by molar-refractivity contribution is 7.09. The van der Waals surface area contributed by atoms with Crippen molar-refractivity contribution in [2.24, 2.45) is 0 Å². The van der Waals surface area contributed by atoms with Gasteiger partial charge in [0.1, 0.15) is 0 Å². The van der Waals surface area contributed by atoms with Gasteiger partial charge >= 0.3 is 0 Å². The van der Waals surface area contributed by atoms with Crippen molar-refractivity contribution in [3.8, 4) is 0 Å². The van der Waals surface area contributed by atoms with E-state index in [1.54, 1.807) is 29.9 Å². The molecule has 0 fully saturated rings. The molecule has 84 valence electrons. The third-order valence-corrected chi connectivity index (χ3v) is 2.97. The van der Waals surface area contributed by atoms with Crippen molar-refractivity contribution in [1.29, 1.82) is 0 Å². The first-order valence-electron chi connectivity index (χ1n) is 5.21. The number of hydrogen-bond acceptors (Lipinski definition) is 5. The minimum Gasteiger partial charge on any atom is -0.311 e. The van der Waals surface area contributed by atoms with Crippen LogP contribution in [0.25, 0.3) is 0 Å². The first kappa shape index (κ1) is 11.2. The highest BCUT2D eigenvalue weighted by Gasteiger charge is 1.98. The summed E-state index contributed by atoms with van der Waals surface area (Å²) in [5.74, 6) is 0. The van der Waals surface area contributed by atoms with Gasteiger partial charge < -0.3 is 5.32 Å². The van der Waals surface area contributed by atoms with Crippen molar-refractivity contribution < 1.29 is 0 Å². The fraction of sp³-hybridized carbons (Fsp3) is 0.364. The molecule has 2 heterocycles. The molecule has 0 aliphatic heterocycles. The summed E-state index contributed by atoms with van der Waals surface area (Å²) in [7, 11) is 0. The third-order valence-electron chi connectivity index (χ3n) is 2.15. The Morgan fingerprint density at radius 1 is 1.31 bits per heavy atom. The van der Waals surface area contributed by atoms with Gasteiger partial charge in [0.25, 0.3) is 0 Å².